The van der Waals surface area contributed by atoms with E-state index < -0.39 is 6.10 Å². The van der Waals surface area contributed by atoms with Crippen LogP contribution >= 0.6 is 11.3 Å². The van der Waals surface area contributed by atoms with Crippen molar-refractivity contribution in [1.29, 1.82) is 0 Å². The molecule has 2 atom stereocenters. The van der Waals surface area contributed by atoms with Gasteiger partial charge in [-0.15, -0.1) is 11.3 Å². The second-order valence-electron chi connectivity index (χ2n) is 5.06. The Labute approximate surface area is 123 Å². The van der Waals surface area contributed by atoms with Crippen molar-refractivity contribution in [1.82, 2.24) is 0 Å². The number of hydrogen-bond acceptors (Lipinski definition) is 2. The molecule has 0 aliphatic heterocycles. The highest BCUT2D eigenvalue weighted by molar-refractivity contribution is 7.17. The fourth-order valence-electron chi connectivity index (χ4n) is 2.79. The number of aliphatic hydroxyl groups excluding tert-OH is 1. The molecule has 0 radical (unpaired) electrons. The van der Waals surface area contributed by atoms with Crippen LogP contribution < -0.4 is 0 Å². The molecule has 1 aromatic heterocycles. The van der Waals surface area contributed by atoms with Crippen molar-refractivity contribution in [3.63, 3.8) is 0 Å². The average molecular weight is 282 g/mol. The number of benzene rings is 2. The van der Waals surface area contributed by atoms with Crippen LogP contribution in [0.3, 0.4) is 0 Å². The highest BCUT2D eigenvalue weighted by atomic mass is 32.1. The monoisotopic (exact) mass is 282 g/mol. The first-order valence-corrected chi connectivity index (χ1v) is 7.88. The lowest BCUT2D eigenvalue weighted by atomic mass is 9.87. The van der Waals surface area contributed by atoms with Gasteiger partial charge in [0.25, 0.3) is 0 Å². The summed E-state index contributed by atoms with van der Waals surface area (Å²) < 4.78 is 1.24. The summed E-state index contributed by atoms with van der Waals surface area (Å²) in [5, 5.41) is 14.1. The van der Waals surface area contributed by atoms with Crippen LogP contribution in [0.4, 0.5) is 0 Å². The molecule has 102 valence electrons. The van der Waals surface area contributed by atoms with Gasteiger partial charge in [-0.1, -0.05) is 55.5 Å². The Morgan fingerprint density at radius 1 is 1.00 bits per heavy atom. The van der Waals surface area contributed by atoms with Crippen LogP contribution in [-0.2, 0) is 0 Å². The third kappa shape index (κ3) is 2.37. The van der Waals surface area contributed by atoms with Crippen LogP contribution in [0.1, 0.15) is 36.5 Å². The van der Waals surface area contributed by atoms with Gasteiger partial charge in [0.15, 0.2) is 0 Å². The molecule has 2 heteroatoms. The Morgan fingerprint density at radius 2 is 1.70 bits per heavy atom. The van der Waals surface area contributed by atoms with Gasteiger partial charge in [0.05, 0.1) is 6.10 Å². The van der Waals surface area contributed by atoms with Gasteiger partial charge in [0.1, 0.15) is 0 Å². The topological polar surface area (TPSA) is 20.2 Å². The zero-order valence-electron chi connectivity index (χ0n) is 11.5. The Kier molecular flexibility index (Phi) is 3.86. The van der Waals surface area contributed by atoms with Gasteiger partial charge in [-0.05, 0) is 34.4 Å². The fourth-order valence-corrected chi connectivity index (χ4v) is 3.78. The van der Waals surface area contributed by atoms with E-state index in [1.165, 1.54) is 15.6 Å². The van der Waals surface area contributed by atoms with Crippen LogP contribution in [0, 0.1) is 0 Å². The Balaban J connectivity index is 2.00. The second kappa shape index (κ2) is 5.78. The summed E-state index contributed by atoms with van der Waals surface area (Å²) in [6, 6.07) is 18.6. The highest BCUT2D eigenvalue weighted by Crippen LogP contribution is 2.39. The predicted molar refractivity (Wildman–Crippen MR) is 86.3 cm³/mol. The molecule has 3 aromatic rings. The number of hydrogen-bond donors (Lipinski definition) is 1. The third-order valence-electron chi connectivity index (χ3n) is 3.88. The largest absolute Gasteiger partial charge is 0.388 e. The second-order valence-corrected chi connectivity index (χ2v) is 5.97. The number of rotatable bonds is 4. The Hall–Kier alpha value is -1.64. The van der Waals surface area contributed by atoms with Gasteiger partial charge in [-0.2, -0.15) is 0 Å². The van der Waals surface area contributed by atoms with Crippen molar-refractivity contribution in [2.75, 3.05) is 0 Å². The Bertz CT molecular complexity index is 687. The van der Waals surface area contributed by atoms with Crippen molar-refractivity contribution in [3.8, 4) is 0 Å². The minimum Gasteiger partial charge on any atom is -0.388 e. The third-order valence-corrected chi connectivity index (χ3v) is 4.86. The maximum Gasteiger partial charge on any atom is 0.0872 e. The molecular weight excluding hydrogens is 264 g/mol. The molecule has 0 saturated carbocycles. The first kappa shape index (κ1) is 13.3. The molecule has 1 N–H and O–H groups in total. The summed E-state index contributed by atoms with van der Waals surface area (Å²) in [6.07, 6.45) is 0.480. The SMILES string of the molecule is CCC(c1ccccc1)C(O)c1csc2ccccc12. The van der Waals surface area contributed by atoms with Crippen molar-refractivity contribution in [2.45, 2.75) is 25.4 Å². The minimum atomic E-state index is -0.446. The molecule has 0 saturated heterocycles. The lowest BCUT2D eigenvalue weighted by Gasteiger charge is -2.22. The summed E-state index contributed by atoms with van der Waals surface area (Å²) >= 11 is 1.71. The number of aliphatic hydroxyl groups is 1. The van der Waals surface area contributed by atoms with Crippen LogP contribution in [0.15, 0.2) is 60.0 Å². The van der Waals surface area contributed by atoms with Gasteiger partial charge in [0.2, 0.25) is 0 Å². The van der Waals surface area contributed by atoms with E-state index in [9.17, 15) is 5.11 Å². The van der Waals surface area contributed by atoms with Crippen LogP contribution in [0.5, 0.6) is 0 Å². The molecule has 2 aromatic carbocycles. The van der Waals surface area contributed by atoms with Crippen molar-refractivity contribution < 1.29 is 5.11 Å². The number of fused-ring (bicyclic) bond motifs is 1. The lowest BCUT2D eigenvalue weighted by molar-refractivity contribution is 0.144. The molecule has 20 heavy (non-hydrogen) atoms. The summed E-state index contributed by atoms with van der Waals surface area (Å²) in [6.45, 7) is 2.13. The first-order valence-electron chi connectivity index (χ1n) is 7.00. The predicted octanol–water partition coefficient (Wildman–Crippen LogP) is 5.13. The normalized spacial score (nSPS) is 14.3. The standard InChI is InChI=1S/C18H18OS/c1-2-14(13-8-4-3-5-9-13)18(19)16-12-20-17-11-7-6-10-15(16)17/h3-12,14,18-19H,2H2,1H3. The molecule has 0 spiro atoms. The van der Waals surface area contributed by atoms with Crippen LogP contribution in [-0.4, -0.2) is 5.11 Å². The van der Waals surface area contributed by atoms with Gasteiger partial charge < -0.3 is 5.11 Å². The van der Waals surface area contributed by atoms with Crippen molar-refractivity contribution >= 4 is 21.4 Å². The van der Waals surface area contributed by atoms with E-state index in [1.54, 1.807) is 11.3 Å². The zero-order chi connectivity index (χ0) is 13.9. The van der Waals surface area contributed by atoms with Crippen LogP contribution in [0.25, 0.3) is 10.1 Å². The Morgan fingerprint density at radius 3 is 2.45 bits per heavy atom. The lowest BCUT2D eigenvalue weighted by Crippen LogP contribution is -2.09. The summed E-state index contributed by atoms with van der Waals surface area (Å²) in [4.78, 5) is 0. The maximum absolute atomic E-state index is 10.8. The molecule has 0 bridgehead atoms. The van der Waals surface area contributed by atoms with Crippen molar-refractivity contribution in [3.05, 3.63) is 71.1 Å². The quantitative estimate of drug-likeness (QED) is 0.703. The number of thiophene rings is 1. The minimum absolute atomic E-state index is 0.147. The average Bonchev–Trinajstić information content (AvgIpc) is 2.93. The first-order chi connectivity index (χ1) is 9.81. The molecule has 3 rings (SSSR count). The molecule has 0 aliphatic carbocycles. The zero-order valence-corrected chi connectivity index (χ0v) is 12.3. The molecule has 0 aliphatic rings. The highest BCUT2D eigenvalue weighted by Gasteiger charge is 2.23. The van der Waals surface area contributed by atoms with Crippen molar-refractivity contribution in [2.24, 2.45) is 0 Å². The van der Waals surface area contributed by atoms with E-state index in [2.05, 4.69) is 36.6 Å². The van der Waals surface area contributed by atoms with E-state index in [-0.39, 0.29) is 5.92 Å². The van der Waals surface area contributed by atoms with E-state index >= 15 is 0 Å². The summed E-state index contributed by atoms with van der Waals surface area (Å²) in [7, 11) is 0. The molecule has 1 heterocycles. The van der Waals surface area contributed by atoms with Crippen LogP contribution in [0.2, 0.25) is 0 Å². The van der Waals surface area contributed by atoms with Gasteiger partial charge >= 0.3 is 0 Å². The molecule has 1 nitrogen and oxygen atoms in total. The van der Waals surface area contributed by atoms with Gasteiger partial charge in [-0.25, -0.2) is 0 Å². The van der Waals surface area contributed by atoms with E-state index in [1.807, 2.05) is 30.3 Å². The van der Waals surface area contributed by atoms with Gasteiger partial charge in [-0.3, -0.25) is 0 Å². The maximum atomic E-state index is 10.8. The summed E-state index contributed by atoms with van der Waals surface area (Å²) in [5.41, 5.74) is 2.26. The molecular formula is C18H18OS. The van der Waals surface area contributed by atoms with Gasteiger partial charge in [0, 0.05) is 10.6 Å². The van der Waals surface area contributed by atoms with E-state index in [0.717, 1.165) is 12.0 Å². The molecule has 2 unspecified atom stereocenters. The van der Waals surface area contributed by atoms with E-state index in [4.69, 9.17) is 0 Å². The molecule has 0 fully saturated rings. The van der Waals surface area contributed by atoms with E-state index in [0.29, 0.717) is 0 Å². The summed E-state index contributed by atoms with van der Waals surface area (Å²) in [5.74, 6) is 0.147. The fraction of sp³-hybridized carbons (Fsp3) is 0.222. The molecule has 0 amide bonds. The smallest absolute Gasteiger partial charge is 0.0872 e.